The van der Waals surface area contributed by atoms with E-state index in [9.17, 15) is 0 Å². The van der Waals surface area contributed by atoms with Crippen LogP contribution in [0, 0.1) is 5.41 Å². The molecule has 3 heteroatoms. The van der Waals surface area contributed by atoms with E-state index >= 15 is 0 Å². The summed E-state index contributed by atoms with van der Waals surface area (Å²) in [6.07, 6.45) is 2.65. The Hall–Kier alpha value is -0.600. The zero-order chi connectivity index (χ0) is 11.5. The number of halogens is 1. The van der Waals surface area contributed by atoms with Crippen molar-refractivity contribution in [2.75, 3.05) is 7.05 Å². The molecule has 1 aromatic heterocycles. The molecule has 0 bridgehead atoms. The van der Waals surface area contributed by atoms with E-state index in [1.54, 1.807) is 6.20 Å². The van der Waals surface area contributed by atoms with Gasteiger partial charge in [-0.25, -0.2) is 0 Å². The van der Waals surface area contributed by atoms with Crippen molar-refractivity contribution in [3.8, 4) is 0 Å². The lowest BCUT2D eigenvalue weighted by Crippen LogP contribution is -2.40. The molecule has 0 aromatic carbocycles. The number of likely N-dealkylation sites (N-methyl/N-ethyl adjacent to an activating group) is 1. The van der Waals surface area contributed by atoms with Gasteiger partial charge in [-0.3, -0.25) is 4.98 Å². The molecule has 0 aliphatic carbocycles. The van der Waals surface area contributed by atoms with Crippen LogP contribution in [0.25, 0.3) is 0 Å². The number of nitrogens with one attached hydrogen (secondary N) is 1. The Morgan fingerprint density at radius 3 is 2.60 bits per heavy atom. The van der Waals surface area contributed by atoms with Gasteiger partial charge in [0.15, 0.2) is 0 Å². The first-order valence-electron chi connectivity index (χ1n) is 5.22. The maximum absolute atomic E-state index is 6.09. The SMILES string of the molecule is CNC(Cc1ncccc1Cl)C(C)(C)C. The Balaban J connectivity index is 2.80. The number of aromatic nitrogens is 1. The molecule has 1 unspecified atom stereocenters. The van der Waals surface area contributed by atoms with Gasteiger partial charge in [0.05, 0.1) is 10.7 Å². The molecule has 84 valence electrons. The maximum Gasteiger partial charge on any atom is 0.0622 e. The average Bonchev–Trinajstić information content (AvgIpc) is 2.14. The third-order valence-corrected chi connectivity index (χ3v) is 2.97. The molecule has 1 heterocycles. The van der Waals surface area contributed by atoms with Crippen molar-refractivity contribution >= 4 is 11.6 Å². The molecule has 2 nitrogen and oxygen atoms in total. The number of hydrogen-bond acceptors (Lipinski definition) is 2. The van der Waals surface area contributed by atoms with Crippen LogP contribution in [0.5, 0.6) is 0 Å². The van der Waals surface area contributed by atoms with Gasteiger partial charge in [0.1, 0.15) is 0 Å². The molecule has 1 rings (SSSR count). The quantitative estimate of drug-likeness (QED) is 0.858. The van der Waals surface area contributed by atoms with E-state index in [0.717, 1.165) is 17.1 Å². The van der Waals surface area contributed by atoms with Crippen molar-refractivity contribution in [2.45, 2.75) is 33.2 Å². The Morgan fingerprint density at radius 1 is 1.47 bits per heavy atom. The zero-order valence-electron chi connectivity index (χ0n) is 9.84. The predicted molar refractivity (Wildman–Crippen MR) is 65.3 cm³/mol. The molecule has 0 radical (unpaired) electrons. The fourth-order valence-corrected chi connectivity index (χ4v) is 1.80. The molecule has 0 spiro atoms. The second-order valence-corrected chi connectivity index (χ2v) is 5.25. The fourth-order valence-electron chi connectivity index (χ4n) is 1.60. The number of rotatable bonds is 3. The summed E-state index contributed by atoms with van der Waals surface area (Å²) in [6.45, 7) is 6.64. The molecule has 1 aromatic rings. The van der Waals surface area contributed by atoms with Gasteiger partial charge in [0, 0.05) is 18.7 Å². The molecule has 0 aliphatic heterocycles. The standard InChI is InChI=1S/C12H19ClN2/c1-12(2,3)11(14-4)8-10-9(13)6-5-7-15-10/h5-7,11,14H,8H2,1-4H3. The first-order valence-corrected chi connectivity index (χ1v) is 5.59. The van der Waals surface area contributed by atoms with Crippen LogP contribution >= 0.6 is 11.6 Å². The van der Waals surface area contributed by atoms with Crippen LogP contribution in [0.1, 0.15) is 26.5 Å². The summed E-state index contributed by atoms with van der Waals surface area (Å²) in [4.78, 5) is 4.31. The van der Waals surface area contributed by atoms with Gasteiger partial charge in [0.2, 0.25) is 0 Å². The van der Waals surface area contributed by atoms with Gasteiger partial charge in [-0.2, -0.15) is 0 Å². The van der Waals surface area contributed by atoms with E-state index in [1.807, 2.05) is 19.2 Å². The van der Waals surface area contributed by atoms with E-state index in [-0.39, 0.29) is 5.41 Å². The van der Waals surface area contributed by atoms with Gasteiger partial charge < -0.3 is 5.32 Å². The van der Waals surface area contributed by atoms with Gasteiger partial charge in [-0.05, 0) is 24.6 Å². The van der Waals surface area contributed by atoms with Gasteiger partial charge in [0.25, 0.3) is 0 Å². The van der Waals surface area contributed by atoms with Crippen molar-refractivity contribution in [3.05, 3.63) is 29.0 Å². The second kappa shape index (κ2) is 4.95. The normalized spacial score (nSPS) is 13.9. The van der Waals surface area contributed by atoms with Crippen LogP contribution in [0.2, 0.25) is 5.02 Å². The minimum absolute atomic E-state index is 0.204. The number of pyridine rings is 1. The van der Waals surface area contributed by atoms with E-state index in [2.05, 4.69) is 31.1 Å². The summed E-state index contributed by atoms with van der Waals surface area (Å²) in [7, 11) is 1.98. The first kappa shape index (κ1) is 12.5. The Kier molecular flexibility index (Phi) is 4.12. The van der Waals surface area contributed by atoms with Crippen LogP contribution in [0.15, 0.2) is 18.3 Å². The lowest BCUT2D eigenvalue weighted by atomic mass is 9.84. The lowest BCUT2D eigenvalue weighted by molar-refractivity contribution is 0.278. The van der Waals surface area contributed by atoms with Gasteiger partial charge >= 0.3 is 0 Å². The van der Waals surface area contributed by atoms with Crippen LogP contribution in [-0.2, 0) is 6.42 Å². The van der Waals surface area contributed by atoms with E-state index in [1.165, 1.54) is 0 Å². The summed E-state index contributed by atoms with van der Waals surface area (Å²) in [5.41, 5.74) is 1.17. The second-order valence-electron chi connectivity index (χ2n) is 4.84. The van der Waals surface area contributed by atoms with Crippen LogP contribution in [0.4, 0.5) is 0 Å². The van der Waals surface area contributed by atoms with E-state index in [4.69, 9.17) is 11.6 Å². The molecule has 15 heavy (non-hydrogen) atoms. The Bertz CT molecular complexity index is 318. The van der Waals surface area contributed by atoms with E-state index in [0.29, 0.717) is 6.04 Å². The fraction of sp³-hybridized carbons (Fsp3) is 0.583. The van der Waals surface area contributed by atoms with Crippen LogP contribution in [-0.4, -0.2) is 18.1 Å². The topological polar surface area (TPSA) is 24.9 Å². The molecule has 0 saturated carbocycles. The van der Waals surface area contributed by atoms with Crippen LogP contribution < -0.4 is 5.32 Å². The number of nitrogens with zero attached hydrogens (tertiary/aromatic N) is 1. The largest absolute Gasteiger partial charge is 0.316 e. The summed E-state index contributed by atoms with van der Waals surface area (Å²) in [6, 6.07) is 4.13. The first-order chi connectivity index (χ1) is 6.95. The maximum atomic E-state index is 6.09. The highest BCUT2D eigenvalue weighted by molar-refractivity contribution is 6.31. The van der Waals surface area contributed by atoms with Crippen molar-refractivity contribution in [2.24, 2.45) is 5.41 Å². The number of hydrogen-bond donors (Lipinski definition) is 1. The summed E-state index contributed by atoms with van der Waals surface area (Å²) < 4.78 is 0. The summed E-state index contributed by atoms with van der Waals surface area (Å²) in [5.74, 6) is 0. The van der Waals surface area contributed by atoms with Crippen molar-refractivity contribution < 1.29 is 0 Å². The molecule has 1 N–H and O–H groups in total. The highest BCUT2D eigenvalue weighted by Gasteiger charge is 2.24. The molecular weight excluding hydrogens is 208 g/mol. The molecule has 0 aliphatic rings. The third-order valence-electron chi connectivity index (χ3n) is 2.63. The zero-order valence-corrected chi connectivity index (χ0v) is 10.6. The molecule has 0 fully saturated rings. The minimum Gasteiger partial charge on any atom is -0.316 e. The van der Waals surface area contributed by atoms with E-state index < -0.39 is 0 Å². The average molecular weight is 227 g/mol. The van der Waals surface area contributed by atoms with Gasteiger partial charge in [-0.15, -0.1) is 0 Å². The molecule has 0 amide bonds. The highest BCUT2D eigenvalue weighted by Crippen LogP contribution is 2.24. The Morgan fingerprint density at radius 2 is 2.13 bits per heavy atom. The van der Waals surface area contributed by atoms with Crippen molar-refractivity contribution in [3.63, 3.8) is 0 Å². The van der Waals surface area contributed by atoms with Crippen molar-refractivity contribution in [1.82, 2.24) is 10.3 Å². The predicted octanol–water partition coefficient (Wildman–Crippen LogP) is 2.91. The van der Waals surface area contributed by atoms with Crippen LogP contribution in [0.3, 0.4) is 0 Å². The Labute approximate surface area is 97.1 Å². The molecule has 1 atom stereocenters. The molecule has 0 saturated heterocycles. The smallest absolute Gasteiger partial charge is 0.0622 e. The summed E-state index contributed by atoms with van der Waals surface area (Å²) in [5, 5.41) is 4.07. The monoisotopic (exact) mass is 226 g/mol. The third kappa shape index (κ3) is 3.47. The minimum atomic E-state index is 0.204. The molecular formula is C12H19ClN2. The summed E-state index contributed by atoms with van der Waals surface area (Å²) >= 11 is 6.09. The lowest BCUT2D eigenvalue weighted by Gasteiger charge is -2.30. The van der Waals surface area contributed by atoms with Crippen molar-refractivity contribution in [1.29, 1.82) is 0 Å². The van der Waals surface area contributed by atoms with Gasteiger partial charge in [-0.1, -0.05) is 32.4 Å². The highest BCUT2D eigenvalue weighted by atomic mass is 35.5.